The van der Waals surface area contributed by atoms with E-state index in [0.717, 1.165) is 11.1 Å². The van der Waals surface area contributed by atoms with Crippen LogP contribution in [-0.2, 0) is 10.0 Å². The summed E-state index contributed by atoms with van der Waals surface area (Å²) < 4.78 is 26.9. The molecule has 0 aliphatic carbocycles. The van der Waals surface area contributed by atoms with Gasteiger partial charge >= 0.3 is 0 Å². The molecule has 0 saturated heterocycles. The highest BCUT2D eigenvalue weighted by Crippen LogP contribution is 2.30. The first-order valence-electron chi connectivity index (χ1n) is 7.18. The lowest BCUT2D eigenvalue weighted by Gasteiger charge is -2.26. The predicted octanol–water partition coefficient (Wildman–Crippen LogP) is 4.47. The van der Waals surface area contributed by atoms with Crippen LogP contribution in [0.25, 0.3) is 5.57 Å². The standard InChI is InChI=1S/C17H15Cl2NO2S/c18-15-6-7-16(19)17(12-15)23(21,22)20-10-8-14(9-11-20)13-4-2-1-3-5-13/h1-8,12H,9-11H2. The average molecular weight is 368 g/mol. The van der Waals surface area contributed by atoms with E-state index in [1.54, 1.807) is 6.07 Å². The summed E-state index contributed by atoms with van der Waals surface area (Å²) in [5, 5.41) is 0.540. The molecule has 0 saturated carbocycles. The maximum atomic E-state index is 12.8. The molecule has 0 unspecified atom stereocenters. The SMILES string of the molecule is O=S(=O)(c1cc(Cl)ccc1Cl)N1CC=C(c2ccccc2)CC1. The smallest absolute Gasteiger partial charge is 0.207 e. The molecule has 0 radical (unpaired) electrons. The Hall–Kier alpha value is -1.33. The van der Waals surface area contributed by atoms with E-state index in [4.69, 9.17) is 23.2 Å². The van der Waals surface area contributed by atoms with Crippen molar-refractivity contribution in [2.45, 2.75) is 11.3 Å². The van der Waals surface area contributed by atoms with Crippen molar-refractivity contribution in [1.82, 2.24) is 4.31 Å². The maximum absolute atomic E-state index is 12.8. The molecule has 6 heteroatoms. The number of rotatable bonds is 3. The third-order valence-electron chi connectivity index (χ3n) is 3.83. The lowest BCUT2D eigenvalue weighted by molar-refractivity contribution is 0.441. The lowest BCUT2D eigenvalue weighted by Crippen LogP contribution is -2.34. The van der Waals surface area contributed by atoms with Crippen LogP contribution in [0.4, 0.5) is 0 Å². The fraction of sp³-hybridized carbons (Fsp3) is 0.176. The Kier molecular flexibility index (Phi) is 4.78. The second-order valence-electron chi connectivity index (χ2n) is 5.28. The molecule has 0 fully saturated rings. The fourth-order valence-electron chi connectivity index (χ4n) is 2.60. The molecule has 1 aliphatic rings. The summed E-state index contributed by atoms with van der Waals surface area (Å²) in [5.74, 6) is 0. The van der Waals surface area contributed by atoms with E-state index in [1.165, 1.54) is 16.4 Å². The average Bonchev–Trinajstić information content (AvgIpc) is 2.58. The normalized spacial score (nSPS) is 16.2. The summed E-state index contributed by atoms with van der Waals surface area (Å²) in [7, 11) is -3.65. The summed E-state index contributed by atoms with van der Waals surface area (Å²) in [4.78, 5) is 0.0585. The molecule has 0 spiro atoms. The van der Waals surface area contributed by atoms with Crippen LogP contribution >= 0.6 is 23.2 Å². The second-order valence-corrected chi connectivity index (χ2v) is 8.03. The molecule has 0 N–H and O–H groups in total. The van der Waals surface area contributed by atoms with E-state index in [1.807, 2.05) is 36.4 Å². The molecule has 0 amide bonds. The van der Waals surface area contributed by atoms with Gasteiger partial charge in [0.1, 0.15) is 4.90 Å². The highest BCUT2D eigenvalue weighted by molar-refractivity contribution is 7.89. The summed E-state index contributed by atoms with van der Waals surface area (Å²) in [6.45, 7) is 0.751. The van der Waals surface area contributed by atoms with Crippen molar-refractivity contribution in [2.24, 2.45) is 0 Å². The minimum atomic E-state index is -3.65. The van der Waals surface area contributed by atoms with Crippen molar-refractivity contribution in [3.05, 3.63) is 70.2 Å². The van der Waals surface area contributed by atoms with E-state index in [-0.39, 0.29) is 9.92 Å². The Bertz CT molecular complexity index is 848. The topological polar surface area (TPSA) is 37.4 Å². The molecule has 0 bridgehead atoms. The van der Waals surface area contributed by atoms with Gasteiger partial charge in [0.15, 0.2) is 0 Å². The highest BCUT2D eigenvalue weighted by Gasteiger charge is 2.28. The van der Waals surface area contributed by atoms with E-state index in [0.29, 0.717) is 24.5 Å². The van der Waals surface area contributed by atoms with Gasteiger partial charge in [-0.2, -0.15) is 4.31 Å². The highest BCUT2D eigenvalue weighted by atomic mass is 35.5. The van der Waals surface area contributed by atoms with E-state index >= 15 is 0 Å². The van der Waals surface area contributed by atoms with Crippen molar-refractivity contribution in [3.63, 3.8) is 0 Å². The summed E-state index contributed by atoms with van der Waals surface area (Å²) in [6, 6.07) is 14.5. The van der Waals surface area contributed by atoms with E-state index in [9.17, 15) is 8.42 Å². The number of nitrogens with zero attached hydrogens (tertiary/aromatic N) is 1. The Labute approximate surface area is 146 Å². The van der Waals surface area contributed by atoms with Crippen molar-refractivity contribution >= 4 is 38.8 Å². The summed E-state index contributed by atoms with van der Waals surface area (Å²) >= 11 is 12.0. The Morgan fingerprint density at radius 1 is 1.00 bits per heavy atom. The molecular weight excluding hydrogens is 353 g/mol. The first kappa shape index (κ1) is 16.5. The molecular formula is C17H15Cl2NO2S. The van der Waals surface area contributed by atoms with Crippen LogP contribution in [0, 0.1) is 0 Å². The van der Waals surface area contributed by atoms with Gasteiger partial charge in [0.25, 0.3) is 0 Å². The van der Waals surface area contributed by atoms with Gasteiger partial charge in [0.2, 0.25) is 10.0 Å². The first-order valence-corrected chi connectivity index (χ1v) is 9.38. The molecule has 0 aromatic heterocycles. The number of benzene rings is 2. The third kappa shape index (κ3) is 3.45. The van der Waals surface area contributed by atoms with Crippen molar-refractivity contribution in [2.75, 3.05) is 13.1 Å². The van der Waals surface area contributed by atoms with Crippen LogP contribution in [0.5, 0.6) is 0 Å². The minimum absolute atomic E-state index is 0.0585. The summed E-state index contributed by atoms with van der Waals surface area (Å²) in [5.41, 5.74) is 2.29. The van der Waals surface area contributed by atoms with Gasteiger partial charge in [-0.15, -0.1) is 0 Å². The molecule has 2 aromatic carbocycles. The molecule has 3 rings (SSSR count). The molecule has 1 heterocycles. The number of sulfonamides is 1. The summed E-state index contributed by atoms with van der Waals surface area (Å²) in [6.07, 6.45) is 2.62. The van der Waals surface area contributed by atoms with Gasteiger partial charge in [0, 0.05) is 18.1 Å². The number of halogens is 2. The van der Waals surface area contributed by atoms with Crippen LogP contribution in [-0.4, -0.2) is 25.8 Å². The molecule has 23 heavy (non-hydrogen) atoms. The molecule has 2 aromatic rings. The van der Waals surface area contributed by atoms with Crippen LogP contribution in [0.15, 0.2) is 59.5 Å². The van der Waals surface area contributed by atoms with Crippen molar-refractivity contribution in [3.8, 4) is 0 Å². The van der Waals surface area contributed by atoms with Crippen molar-refractivity contribution < 1.29 is 8.42 Å². The van der Waals surface area contributed by atoms with Crippen molar-refractivity contribution in [1.29, 1.82) is 0 Å². The Morgan fingerprint density at radius 2 is 1.74 bits per heavy atom. The Morgan fingerprint density at radius 3 is 2.39 bits per heavy atom. The van der Waals surface area contributed by atoms with Gasteiger partial charge < -0.3 is 0 Å². The van der Waals surface area contributed by atoms with Crippen LogP contribution in [0.3, 0.4) is 0 Å². The van der Waals surface area contributed by atoms with Crippen LogP contribution in [0.1, 0.15) is 12.0 Å². The van der Waals surface area contributed by atoms with Gasteiger partial charge in [-0.1, -0.05) is 59.6 Å². The zero-order valence-electron chi connectivity index (χ0n) is 12.2. The first-order chi connectivity index (χ1) is 11.0. The van der Waals surface area contributed by atoms with Crippen LogP contribution in [0.2, 0.25) is 10.0 Å². The molecule has 120 valence electrons. The van der Waals surface area contributed by atoms with E-state index in [2.05, 4.69) is 0 Å². The predicted molar refractivity (Wildman–Crippen MR) is 94.3 cm³/mol. The lowest BCUT2D eigenvalue weighted by atomic mass is 10.0. The minimum Gasteiger partial charge on any atom is -0.207 e. The number of hydrogen-bond acceptors (Lipinski definition) is 2. The van der Waals surface area contributed by atoms with Gasteiger partial charge in [-0.3, -0.25) is 0 Å². The Balaban J connectivity index is 1.87. The van der Waals surface area contributed by atoms with E-state index < -0.39 is 10.0 Å². The second kappa shape index (κ2) is 6.65. The van der Waals surface area contributed by atoms with Gasteiger partial charge in [0.05, 0.1) is 5.02 Å². The monoisotopic (exact) mass is 367 g/mol. The third-order valence-corrected chi connectivity index (χ3v) is 6.41. The van der Waals surface area contributed by atoms with Gasteiger partial charge in [-0.05, 0) is 35.8 Å². The largest absolute Gasteiger partial charge is 0.244 e. The molecule has 1 aliphatic heterocycles. The zero-order valence-corrected chi connectivity index (χ0v) is 14.6. The van der Waals surface area contributed by atoms with Crippen LogP contribution < -0.4 is 0 Å². The fourth-order valence-corrected chi connectivity index (χ4v) is 4.72. The molecule has 3 nitrogen and oxygen atoms in total. The maximum Gasteiger partial charge on any atom is 0.244 e. The van der Waals surface area contributed by atoms with Gasteiger partial charge in [-0.25, -0.2) is 8.42 Å². The quantitative estimate of drug-likeness (QED) is 0.802. The zero-order chi connectivity index (χ0) is 16.4. The number of hydrogen-bond donors (Lipinski definition) is 0. The molecule has 0 atom stereocenters.